The van der Waals surface area contributed by atoms with Crippen LogP contribution in [0.3, 0.4) is 0 Å². The lowest BCUT2D eigenvalue weighted by Gasteiger charge is -2.34. The molecule has 2 aromatic carbocycles. The molecule has 2 atom stereocenters. The summed E-state index contributed by atoms with van der Waals surface area (Å²) in [5, 5.41) is 0. The highest BCUT2D eigenvalue weighted by Gasteiger charge is 2.29. The van der Waals surface area contributed by atoms with Crippen LogP contribution in [0.15, 0.2) is 48.5 Å². The Bertz CT molecular complexity index is 858. The molecule has 0 unspecified atom stereocenters. The van der Waals surface area contributed by atoms with Gasteiger partial charge in [0.05, 0.1) is 6.42 Å². The minimum absolute atomic E-state index is 0.206. The molecule has 1 aliphatic heterocycles. The van der Waals surface area contributed by atoms with E-state index in [1.807, 2.05) is 42.3 Å². The van der Waals surface area contributed by atoms with Crippen molar-refractivity contribution in [1.29, 1.82) is 0 Å². The minimum Gasteiger partial charge on any atom is -0.369 e. The molecule has 1 heterocycles. The minimum atomic E-state index is 0.206. The molecule has 1 fully saturated rings. The van der Waals surface area contributed by atoms with Gasteiger partial charge in [0.1, 0.15) is 0 Å². The van der Waals surface area contributed by atoms with E-state index in [1.54, 1.807) is 0 Å². The summed E-state index contributed by atoms with van der Waals surface area (Å²) in [7, 11) is 4.15. The van der Waals surface area contributed by atoms with E-state index in [9.17, 15) is 4.79 Å². The fourth-order valence-corrected chi connectivity index (χ4v) is 4.96. The van der Waals surface area contributed by atoms with Crippen molar-refractivity contribution in [3.63, 3.8) is 0 Å². The van der Waals surface area contributed by atoms with Gasteiger partial charge in [0.2, 0.25) is 5.91 Å². The van der Waals surface area contributed by atoms with E-state index in [4.69, 9.17) is 0 Å². The van der Waals surface area contributed by atoms with Crippen LogP contribution in [0, 0.1) is 0 Å². The highest BCUT2D eigenvalue weighted by atomic mass is 16.2. The van der Waals surface area contributed by atoms with Gasteiger partial charge in [0.15, 0.2) is 0 Å². The van der Waals surface area contributed by atoms with Crippen LogP contribution in [-0.4, -0.2) is 62.5 Å². The average molecular weight is 406 g/mol. The van der Waals surface area contributed by atoms with Crippen molar-refractivity contribution in [1.82, 2.24) is 9.80 Å². The van der Waals surface area contributed by atoms with Gasteiger partial charge in [0.25, 0.3) is 0 Å². The Balaban J connectivity index is 1.36. The smallest absolute Gasteiger partial charge is 0.226 e. The van der Waals surface area contributed by atoms with E-state index < -0.39 is 0 Å². The van der Waals surface area contributed by atoms with Gasteiger partial charge in [-0.3, -0.25) is 4.79 Å². The average Bonchev–Trinajstić information content (AvgIpc) is 3.08. The van der Waals surface area contributed by atoms with Gasteiger partial charge in [-0.25, -0.2) is 0 Å². The molecule has 0 radical (unpaired) electrons. The van der Waals surface area contributed by atoms with Crippen LogP contribution >= 0.6 is 0 Å². The summed E-state index contributed by atoms with van der Waals surface area (Å²) in [6.07, 6.45) is 2.73. The third kappa shape index (κ3) is 4.70. The molecule has 160 valence electrons. The fraction of sp³-hybridized carbons (Fsp3) is 0.500. The molecule has 4 rings (SSSR count). The first-order valence-corrected chi connectivity index (χ1v) is 11.4. The number of rotatable bonds is 6. The number of likely N-dealkylation sites (N-methyl/N-ethyl adjacent to an activating group) is 2. The number of anilines is 1. The van der Waals surface area contributed by atoms with Gasteiger partial charge >= 0.3 is 0 Å². The molecule has 0 saturated carbocycles. The number of amides is 1. The lowest BCUT2D eigenvalue weighted by atomic mass is 9.97. The summed E-state index contributed by atoms with van der Waals surface area (Å²) in [6.45, 7) is 7.68. The van der Waals surface area contributed by atoms with Crippen molar-refractivity contribution in [3.8, 4) is 0 Å². The summed E-state index contributed by atoms with van der Waals surface area (Å²) < 4.78 is 0. The van der Waals surface area contributed by atoms with Crippen molar-refractivity contribution < 1.29 is 4.79 Å². The van der Waals surface area contributed by atoms with E-state index in [1.165, 1.54) is 23.2 Å². The quantitative estimate of drug-likeness (QED) is 0.723. The largest absolute Gasteiger partial charge is 0.369 e. The van der Waals surface area contributed by atoms with Gasteiger partial charge in [0, 0.05) is 45.5 Å². The SMILES string of the molecule is C[C@@H]1C[C@@H](CCN(C)C(=O)Cc2ccccc2)c2ccc(N3CCN(C)CC3)cc21. The zero-order valence-corrected chi connectivity index (χ0v) is 18.7. The van der Waals surface area contributed by atoms with E-state index in [2.05, 4.69) is 42.0 Å². The van der Waals surface area contributed by atoms with Gasteiger partial charge < -0.3 is 14.7 Å². The molecule has 4 nitrogen and oxygen atoms in total. The number of hydrogen-bond donors (Lipinski definition) is 0. The monoisotopic (exact) mass is 405 g/mol. The Morgan fingerprint density at radius 1 is 1.03 bits per heavy atom. The molecule has 30 heavy (non-hydrogen) atoms. The molecule has 2 aliphatic rings. The van der Waals surface area contributed by atoms with Gasteiger partial charge in [-0.15, -0.1) is 0 Å². The standard InChI is InChI=1S/C26H35N3O/c1-20-17-22(11-12-28(3)26(30)18-21-7-5-4-6-8-21)24-10-9-23(19-25(20)24)29-15-13-27(2)14-16-29/h4-10,19-20,22H,11-18H2,1-3H3/t20-,22-/m1/s1. The molecule has 0 N–H and O–H groups in total. The maximum absolute atomic E-state index is 12.6. The second-order valence-electron chi connectivity index (χ2n) is 9.20. The van der Waals surface area contributed by atoms with Crippen molar-refractivity contribution in [3.05, 3.63) is 65.2 Å². The first kappa shape index (κ1) is 20.9. The predicted octanol–water partition coefficient (Wildman–Crippen LogP) is 4.12. The molecule has 0 spiro atoms. The zero-order valence-electron chi connectivity index (χ0n) is 18.7. The number of benzene rings is 2. The van der Waals surface area contributed by atoms with Crippen LogP contribution in [0.5, 0.6) is 0 Å². The predicted molar refractivity (Wildman–Crippen MR) is 124 cm³/mol. The van der Waals surface area contributed by atoms with Crippen molar-refractivity contribution in [2.75, 3.05) is 51.7 Å². The van der Waals surface area contributed by atoms with E-state index in [0.29, 0.717) is 18.3 Å². The maximum Gasteiger partial charge on any atom is 0.226 e. The number of fused-ring (bicyclic) bond motifs is 1. The third-order valence-electron chi connectivity index (χ3n) is 6.98. The van der Waals surface area contributed by atoms with Gasteiger partial charge in [-0.05, 0) is 60.5 Å². The molecular weight excluding hydrogens is 370 g/mol. The molecule has 1 saturated heterocycles. The molecule has 0 bridgehead atoms. The molecule has 4 heteroatoms. The van der Waals surface area contributed by atoms with Crippen molar-refractivity contribution >= 4 is 11.6 Å². The second-order valence-corrected chi connectivity index (χ2v) is 9.20. The Morgan fingerprint density at radius 3 is 2.50 bits per heavy atom. The number of hydrogen-bond acceptors (Lipinski definition) is 3. The van der Waals surface area contributed by atoms with Crippen molar-refractivity contribution in [2.45, 2.75) is 38.0 Å². The first-order chi connectivity index (χ1) is 14.5. The van der Waals surface area contributed by atoms with E-state index in [-0.39, 0.29) is 5.91 Å². The number of carbonyl (C=O) groups is 1. The highest BCUT2D eigenvalue weighted by Crippen LogP contribution is 2.44. The molecular formula is C26H35N3O. The highest BCUT2D eigenvalue weighted by molar-refractivity contribution is 5.78. The Hall–Kier alpha value is -2.33. The van der Waals surface area contributed by atoms with Crippen LogP contribution in [0.2, 0.25) is 0 Å². The Kier molecular flexibility index (Phi) is 6.43. The summed E-state index contributed by atoms with van der Waals surface area (Å²) >= 11 is 0. The van der Waals surface area contributed by atoms with Crippen LogP contribution in [0.25, 0.3) is 0 Å². The van der Waals surface area contributed by atoms with E-state index >= 15 is 0 Å². The maximum atomic E-state index is 12.6. The molecule has 1 aliphatic carbocycles. The molecule has 1 amide bonds. The Morgan fingerprint density at radius 2 is 1.77 bits per heavy atom. The summed E-state index contributed by atoms with van der Waals surface area (Å²) in [6, 6.07) is 17.2. The normalized spacial score (nSPS) is 21.5. The second kappa shape index (κ2) is 9.22. The third-order valence-corrected chi connectivity index (χ3v) is 6.98. The van der Waals surface area contributed by atoms with E-state index in [0.717, 1.165) is 44.7 Å². The fourth-order valence-electron chi connectivity index (χ4n) is 4.96. The lowest BCUT2D eigenvalue weighted by Crippen LogP contribution is -2.44. The number of carbonyl (C=O) groups excluding carboxylic acids is 1. The summed E-state index contributed by atoms with van der Waals surface area (Å²) in [4.78, 5) is 19.4. The van der Waals surface area contributed by atoms with Gasteiger partial charge in [-0.1, -0.05) is 43.3 Å². The topological polar surface area (TPSA) is 26.8 Å². The van der Waals surface area contributed by atoms with Crippen LogP contribution in [-0.2, 0) is 11.2 Å². The van der Waals surface area contributed by atoms with Crippen LogP contribution in [0.1, 0.15) is 48.3 Å². The first-order valence-electron chi connectivity index (χ1n) is 11.4. The van der Waals surface area contributed by atoms with Crippen LogP contribution in [0.4, 0.5) is 5.69 Å². The Labute approximate surface area is 181 Å². The van der Waals surface area contributed by atoms with Crippen molar-refractivity contribution in [2.24, 2.45) is 0 Å². The molecule has 0 aromatic heterocycles. The molecule has 2 aromatic rings. The zero-order chi connectivity index (χ0) is 21.1. The number of nitrogens with zero attached hydrogens (tertiary/aromatic N) is 3. The summed E-state index contributed by atoms with van der Waals surface area (Å²) in [5.41, 5.74) is 5.49. The number of piperazine rings is 1. The summed E-state index contributed by atoms with van der Waals surface area (Å²) in [5.74, 6) is 1.36. The lowest BCUT2D eigenvalue weighted by molar-refractivity contribution is -0.129. The van der Waals surface area contributed by atoms with Gasteiger partial charge in [-0.2, -0.15) is 0 Å². The van der Waals surface area contributed by atoms with Crippen LogP contribution < -0.4 is 4.90 Å².